The van der Waals surface area contributed by atoms with Gasteiger partial charge in [0.15, 0.2) is 0 Å². The van der Waals surface area contributed by atoms with E-state index in [1.54, 1.807) is 0 Å². The van der Waals surface area contributed by atoms with Crippen LogP contribution in [0.4, 0.5) is 0 Å². The van der Waals surface area contributed by atoms with Gasteiger partial charge >= 0.3 is 0 Å². The third-order valence-corrected chi connectivity index (χ3v) is 4.05. The van der Waals surface area contributed by atoms with Crippen LogP contribution in [0.3, 0.4) is 0 Å². The van der Waals surface area contributed by atoms with Crippen LogP contribution in [0.5, 0.6) is 0 Å². The quantitative estimate of drug-likeness (QED) is 0.747. The van der Waals surface area contributed by atoms with E-state index in [1.165, 1.54) is 9.13 Å². The van der Waals surface area contributed by atoms with Gasteiger partial charge in [0.1, 0.15) is 0 Å². The van der Waals surface area contributed by atoms with Crippen molar-refractivity contribution in [3.05, 3.63) is 33.4 Å². The van der Waals surface area contributed by atoms with E-state index < -0.39 is 0 Å². The smallest absolute Gasteiger partial charge is 0.0294 e. The van der Waals surface area contributed by atoms with Crippen molar-refractivity contribution in [2.45, 2.75) is 39.8 Å². The highest BCUT2D eigenvalue weighted by molar-refractivity contribution is 14.1. The van der Waals surface area contributed by atoms with Gasteiger partial charge in [0.25, 0.3) is 0 Å². The number of hydrogen-bond acceptors (Lipinski definition) is 2. The van der Waals surface area contributed by atoms with Crippen LogP contribution in [-0.2, 0) is 0 Å². The summed E-state index contributed by atoms with van der Waals surface area (Å²) in [5, 5.41) is 3.67. The Kier molecular flexibility index (Phi) is 7.19. The standard InChI is InChI=1S/C15H25IN2/c1-5-18(6-2)11-12(3)17-13(4)14-7-9-15(16)10-8-14/h7-10,12-13,17H,5-6,11H2,1-4H3. The molecule has 0 saturated heterocycles. The number of nitrogens with zero attached hydrogens (tertiary/aromatic N) is 1. The van der Waals surface area contributed by atoms with Gasteiger partial charge in [-0.1, -0.05) is 26.0 Å². The Balaban J connectivity index is 2.48. The molecule has 0 heterocycles. The lowest BCUT2D eigenvalue weighted by Gasteiger charge is -2.26. The highest BCUT2D eigenvalue weighted by atomic mass is 127. The van der Waals surface area contributed by atoms with Gasteiger partial charge in [-0.25, -0.2) is 0 Å². The topological polar surface area (TPSA) is 15.3 Å². The van der Waals surface area contributed by atoms with E-state index >= 15 is 0 Å². The molecule has 102 valence electrons. The Hall–Kier alpha value is -0.130. The average molecular weight is 360 g/mol. The fourth-order valence-electron chi connectivity index (χ4n) is 2.20. The van der Waals surface area contributed by atoms with E-state index in [-0.39, 0.29) is 0 Å². The molecule has 1 aromatic carbocycles. The lowest BCUT2D eigenvalue weighted by Crippen LogP contribution is -2.40. The first-order valence-corrected chi connectivity index (χ1v) is 7.88. The maximum absolute atomic E-state index is 3.67. The van der Waals surface area contributed by atoms with E-state index in [0.717, 1.165) is 19.6 Å². The van der Waals surface area contributed by atoms with Crippen molar-refractivity contribution in [2.75, 3.05) is 19.6 Å². The van der Waals surface area contributed by atoms with Crippen LogP contribution in [0.1, 0.15) is 39.3 Å². The maximum atomic E-state index is 3.67. The monoisotopic (exact) mass is 360 g/mol. The molecule has 0 aliphatic carbocycles. The van der Waals surface area contributed by atoms with Gasteiger partial charge in [-0.05, 0) is 67.2 Å². The van der Waals surface area contributed by atoms with Crippen molar-refractivity contribution in [2.24, 2.45) is 0 Å². The molecule has 0 aliphatic rings. The summed E-state index contributed by atoms with van der Waals surface area (Å²) in [4.78, 5) is 2.46. The zero-order chi connectivity index (χ0) is 13.5. The lowest BCUT2D eigenvalue weighted by molar-refractivity contribution is 0.264. The molecule has 0 aromatic heterocycles. The van der Waals surface area contributed by atoms with E-state index in [9.17, 15) is 0 Å². The summed E-state index contributed by atoms with van der Waals surface area (Å²) in [7, 11) is 0. The van der Waals surface area contributed by atoms with Gasteiger partial charge in [0.05, 0.1) is 0 Å². The highest BCUT2D eigenvalue weighted by Gasteiger charge is 2.11. The second-order valence-electron chi connectivity index (χ2n) is 4.83. The molecule has 2 atom stereocenters. The summed E-state index contributed by atoms with van der Waals surface area (Å²) in [5.41, 5.74) is 1.36. The molecule has 2 nitrogen and oxygen atoms in total. The molecular formula is C15H25IN2. The first-order chi connectivity index (χ1) is 8.56. The first kappa shape index (κ1) is 15.9. The van der Waals surface area contributed by atoms with E-state index in [2.05, 4.69) is 84.8 Å². The number of likely N-dealkylation sites (N-methyl/N-ethyl adjacent to an activating group) is 1. The van der Waals surface area contributed by atoms with E-state index in [4.69, 9.17) is 0 Å². The van der Waals surface area contributed by atoms with E-state index in [1.807, 2.05) is 0 Å². The zero-order valence-corrected chi connectivity index (χ0v) is 14.1. The molecule has 1 aromatic rings. The molecule has 0 spiro atoms. The Labute approximate surface area is 125 Å². The summed E-state index contributed by atoms with van der Waals surface area (Å²) in [6, 6.07) is 9.69. The van der Waals surface area contributed by atoms with E-state index in [0.29, 0.717) is 12.1 Å². The number of benzene rings is 1. The second-order valence-corrected chi connectivity index (χ2v) is 6.07. The van der Waals surface area contributed by atoms with Crippen LogP contribution >= 0.6 is 22.6 Å². The molecule has 0 amide bonds. The Bertz CT molecular complexity index is 333. The minimum atomic E-state index is 0.410. The number of hydrogen-bond donors (Lipinski definition) is 1. The van der Waals surface area contributed by atoms with Gasteiger partial charge in [0.2, 0.25) is 0 Å². The zero-order valence-electron chi connectivity index (χ0n) is 11.9. The fourth-order valence-corrected chi connectivity index (χ4v) is 2.56. The van der Waals surface area contributed by atoms with Crippen LogP contribution in [-0.4, -0.2) is 30.6 Å². The molecule has 0 saturated carbocycles. The average Bonchev–Trinajstić information content (AvgIpc) is 2.36. The number of halogens is 1. The van der Waals surface area contributed by atoms with Gasteiger partial charge in [-0.15, -0.1) is 0 Å². The fraction of sp³-hybridized carbons (Fsp3) is 0.600. The predicted molar refractivity (Wildman–Crippen MR) is 88.0 cm³/mol. The lowest BCUT2D eigenvalue weighted by atomic mass is 10.1. The minimum Gasteiger partial charge on any atom is -0.306 e. The van der Waals surface area contributed by atoms with Crippen LogP contribution < -0.4 is 5.32 Å². The summed E-state index contributed by atoms with van der Waals surface area (Å²) in [5.74, 6) is 0. The Morgan fingerprint density at radius 2 is 1.67 bits per heavy atom. The molecule has 1 rings (SSSR count). The molecule has 0 bridgehead atoms. The molecule has 2 unspecified atom stereocenters. The maximum Gasteiger partial charge on any atom is 0.0294 e. The minimum absolute atomic E-state index is 0.410. The Morgan fingerprint density at radius 1 is 1.11 bits per heavy atom. The molecule has 1 N–H and O–H groups in total. The van der Waals surface area contributed by atoms with Gasteiger partial charge in [0, 0.05) is 22.2 Å². The van der Waals surface area contributed by atoms with Crippen molar-refractivity contribution in [3.63, 3.8) is 0 Å². The number of rotatable bonds is 7. The second kappa shape index (κ2) is 8.12. The van der Waals surface area contributed by atoms with Crippen molar-refractivity contribution >= 4 is 22.6 Å². The third-order valence-electron chi connectivity index (χ3n) is 3.33. The van der Waals surface area contributed by atoms with Crippen LogP contribution in [0, 0.1) is 3.57 Å². The van der Waals surface area contributed by atoms with Crippen molar-refractivity contribution in [1.29, 1.82) is 0 Å². The van der Waals surface area contributed by atoms with Crippen LogP contribution in [0.15, 0.2) is 24.3 Å². The largest absolute Gasteiger partial charge is 0.306 e. The Morgan fingerprint density at radius 3 is 2.17 bits per heavy atom. The van der Waals surface area contributed by atoms with Gasteiger partial charge < -0.3 is 10.2 Å². The van der Waals surface area contributed by atoms with Gasteiger partial charge in [-0.3, -0.25) is 0 Å². The van der Waals surface area contributed by atoms with Crippen molar-refractivity contribution in [1.82, 2.24) is 10.2 Å². The molecule has 0 radical (unpaired) electrons. The summed E-state index contributed by atoms with van der Waals surface area (Å²) >= 11 is 2.34. The molecule has 0 aliphatic heterocycles. The molecule has 18 heavy (non-hydrogen) atoms. The first-order valence-electron chi connectivity index (χ1n) is 6.80. The summed E-state index contributed by atoms with van der Waals surface area (Å²) < 4.78 is 1.29. The predicted octanol–water partition coefficient (Wildman–Crippen LogP) is 3.67. The summed E-state index contributed by atoms with van der Waals surface area (Å²) in [6.07, 6.45) is 0. The number of nitrogens with one attached hydrogen (secondary N) is 1. The normalized spacial score (nSPS) is 14.8. The molecule has 3 heteroatoms. The SMILES string of the molecule is CCN(CC)CC(C)NC(C)c1ccc(I)cc1. The highest BCUT2D eigenvalue weighted by Crippen LogP contribution is 2.15. The van der Waals surface area contributed by atoms with Crippen molar-refractivity contribution in [3.8, 4) is 0 Å². The van der Waals surface area contributed by atoms with Crippen LogP contribution in [0.25, 0.3) is 0 Å². The van der Waals surface area contributed by atoms with Crippen molar-refractivity contribution < 1.29 is 0 Å². The summed E-state index contributed by atoms with van der Waals surface area (Å²) in [6.45, 7) is 12.3. The van der Waals surface area contributed by atoms with Crippen LogP contribution in [0.2, 0.25) is 0 Å². The molecular weight excluding hydrogens is 335 g/mol. The third kappa shape index (κ3) is 5.24. The molecule has 0 fully saturated rings. The van der Waals surface area contributed by atoms with Gasteiger partial charge in [-0.2, -0.15) is 0 Å².